The molecule has 100 valence electrons. The summed E-state index contributed by atoms with van der Waals surface area (Å²) in [6.45, 7) is 6.79. The van der Waals surface area contributed by atoms with Gasteiger partial charge in [0.05, 0.1) is 11.7 Å². The number of aromatic nitrogens is 2. The predicted molar refractivity (Wildman–Crippen MR) is 70.6 cm³/mol. The average Bonchev–Trinajstić information content (AvgIpc) is 2.67. The Balaban J connectivity index is 2.18. The van der Waals surface area contributed by atoms with Crippen LogP contribution in [0.4, 0.5) is 0 Å². The van der Waals surface area contributed by atoms with E-state index in [0.29, 0.717) is 11.7 Å². The molecule has 18 heavy (non-hydrogen) atoms. The average molecular weight is 250 g/mol. The third-order valence-corrected chi connectivity index (χ3v) is 3.44. The molecule has 1 saturated heterocycles. The van der Waals surface area contributed by atoms with Gasteiger partial charge in [-0.2, -0.15) is 5.10 Å². The maximum atomic E-state index is 12.6. The fraction of sp³-hybridized carbons (Fsp3) is 0.692. The summed E-state index contributed by atoms with van der Waals surface area (Å²) in [7, 11) is 1.84. The molecule has 0 unspecified atom stereocenters. The number of aryl methyl sites for hydroxylation is 2. The fourth-order valence-electron chi connectivity index (χ4n) is 2.23. The summed E-state index contributed by atoms with van der Waals surface area (Å²) in [4.78, 5) is 14.5. The van der Waals surface area contributed by atoms with Crippen LogP contribution in [0, 0.1) is 0 Å². The number of nitrogens with one attached hydrogen (secondary N) is 1. The van der Waals surface area contributed by atoms with Crippen molar-refractivity contribution < 1.29 is 4.79 Å². The Bertz CT molecular complexity index is 423. The van der Waals surface area contributed by atoms with Crippen LogP contribution in [0.25, 0.3) is 0 Å². The van der Waals surface area contributed by atoms with Crippen LogP contribution in [-0.2, 0) is 13.5 Å². The lowest BCUT2D eigenvalue weighted by Gasteiger charge is -2.38. The molecule has 0 atom stereocenters. The van der Waals surface area contributed by atoms with Crippen LogP contribution in [0.15, 0.2) is 6.07 Å². The van der Waals surface area contributed by atoms with E-state index >= 15 is 0 Å². The molecule has 1 aromatic heterocycles. The van der Waals surface area contributed by atoms with Gasteiger partial charge in [0.15, 0.2) is 0 Å². The van der Waals surface area contributed by atoms with Crippen LogP contribution in [0.3, 0.4) is 0 Å². The molecule has 0 aliphatic carbocycles. The topological polar surface area (TPSA) is 50.2 Å². The fourth-order valence-corrected chi connectivity index (χ4v) is 2.23. The van der Waals surface area contributed by atoms with E-state index in [0.717, 1.165) is 38.2 Å². The Morgan fingerprint density at radius 1 is 1.56 bits per heavy atom. The third-order valence-electron chi connectivity index (χ3n) is 3.44. The number of amides is 1. The van der Waals surface area contributed by atoms with Crippen LogP contribution in [-0.4, -0.2) is 46.3 Å². The van der Waals surface area contributed by atoms with Crippen molar-refractivity contribution in [3.63, 3.8) is 0 Å². The van der Waals surface area contributed by atoms with Crippen LogP contribution < -0.4 is 5.32 Å². The van der Waals surface area contributed by atoms with Gasteiger partial charge in [0.25, 0.3) is 5.91 Å². The summed E-state index contributed by atoms with van der Waals surface area (Å²) in [5.74, 6) is 0.109. The number of rotatable bonds is 5. The molecule has 0 aromatic carbocycles. The van der Waals surface area contributed by atoms with Gasteiger partial charge >= 0.3 is 0 Å². The summed E-state index contributed by atoms with van der Waals surface area (Å²) in [6.07, 6.45) is 1.85. The van der Waals surface area contributed by atoms with E-state index in [1.165, 1.54) is 0 Å². The van der Waals surface area contributed by atoms with E-state index < -0.39 is 0 Å². The number of hydrogen-bond acceptors (Lipinski definition) is 3. The number of carbonyl (C=O) groups is 1. The minimum atomic E-state index is 0.109. The van der Waals surface area contributed by atoms with Crippen molar-refractivity contribution in [1.29, 1.82) is 0 Å². The zero-order chi connectivity index (χ0) is 13.1. The van der Waals surface area contributed by atoms with Crippen LogP contribution in [0.5, 0.6) is 0 Å². The first kappa shape index (κ1) is 13.1. The van der Waals surface area contributed by atoms with Gasteiger partial charge < -0.3 is 10.2 Å². The second-order valence-corrected chi connectivity index (χ2v) is 4.81. The largest absolute Gasteiger partial charge is 0.332 e. The highest BCUT2D eigenvalue weighted by Gasteiger charge is 2.30. The van der Waals surface area contributed by atoms with Crippen LogP contribution in [0.1, 0.15) is 36.5 Å². The van der Waals surface area contributed by atoms with Crippen LogP contribution in [0.2, 0.25) is 0 Å². The van der Waals surface area contributed by atoms with Crippen molar-refractivity contribution in [2.45, 2.75) is 32.7 Å². The molecule has 0 spiro atoms. The van der Waals surface area contributed by atoms with Gasteiger partial charge in [0.2, 0.25) is 0 Å². The molecule has 1 aromatic rings. The first-order valence-corrected chi connectivity index (χ1v) is 6.72. The molecule has 1 aliphatic rings. The molecule has 5 heteroatoms. The Morgan fingerprint density at radius 3 is 2.72 bits per heavy atom. The van der Waals surface area contributed by atoms with Gasteiger partial charge in [-0.3, -0.25) is 9.48 Å². The maximum absolute atomic E-state index is 12.6. The first-order chi connectivity index (χ1) is 8.67. The lowest BCUT2D eigenvalue weighted by Crippen LogP contribution is -2.59. The number of hydrogen-bond donors (Lipinski definition) is 1. The molecule has 2 rings (SSSR count). The third kappa shape index (κ3) is 2.41. The van der Waals surface area contributed by atoms with Crippen molar-refractivity contribution in [2.75, 3.05) is 19.6 Å². The van der Waals surface area contributed by atoms with E-state index in [2.05, 4.69) is 24.3 Å². The molecule has 0 radical (unpaired) electrons. The van der Waals surface area contributed by atoms with Gasteiger partial charge in [0, 0.05) is 26.7 Å². The maximum Gasteiger partial charge on any atom is 0.272 e. The SMILES string of the molecule is CCCN(C(=O)c1cc(CC)nn1C)C1CNC1. The van der Waals surface area contributed by atoms with Gasteiger partial charge in [0.1, 0.15) is 5.69 Å². The molecule has 5 nitrogen and oxygen atoms in total. The van der Waals surface area contributed by atoms with Crippen molar-refractivity contribution in [2.24, 2.45) is 7.05 Å². The lowest BCUT2D eigenvalue weighted by atomic mass is 10.1. The standard InChI is InChI=1S/C13H22N4O/c1-4-6-17(11-8-14-9-11)13(18)12-7-10(5-2)15-16(12)3/h7,11,14H,4-6,8-9H2,1-3H3. The van der Waals surface area contributed by atoms with Crippen molar-refractivity contribution in [3.05, 3.63) is 17.5 Å². The highest BCUT2D eigenvalue weighted by atomic mass is 16.2. The molecule has 0 saturated carbocycles. The van der Waals surface area contributed by atoms with E-state index in [1.807, 2.05) is 18.0 Å². The minimum Gasteiger partial charge on any atom is -0.332 e. The summed E-state index contributed by atoms with van der Waals surface area (Å²) in [5.41, 5.74) is 1.68. The Labute approximate surface area is 108 Å². The number of carbonyl (C=O) groups excluding carboxylic acids is 1. The van der Waals surface area contributed by atoms with Gasteiger partial charge in [-0.15, -0.1) is 0 Å². The summed E-state index contributed by atoms with van der Waals surface area (Å²) in [6, 6.07) is 2.26. The van der Waals surface area contributed by atoms with Gasteiger partial charge in [-0.25, -0.2) is 0 Å². The van der Waals surface area contributed by atoms with Crippen molar-refractivity contribution in [1.82, 2.24) is 20.0 Å². The Kier molecular flexibility index (Phi) is 4.01. The highest BCUT2D eigenvalue weighted by molar-refractivity contribution is 5.93. The highest BCUT2D eigenvalue weighted by Crippen LogP contribution is 2.13. The summed E-state index contributed by atoms with van der Waals surface area (Å²) in [5, 5.41) is 7.57. The normalized spacial score (nSPS) is 15.5. The van der Waals surface area contributed by atoms with Gasteiger partial charge in [-0.05, 0) is 18.9 Å². The first-order valence-electron chi connectivity index (χ1n) is 6.72. The Morgan fingerprint density at radius 2 is 2.28 bits per heavy atom. The summed E-state index contributed by atoms with van der Waals surface area (Å²) < 4.78 is 1.70. The molecule has 1 N–H and O–H groups in total. The van der Waals surface area contributed by atoms with Crippen molar-refractivity contribution in [3.8, 4) is 0 Å². The molecule has 1 fully saturated rings. The Hall–Kier alpha value is -1.36. The summed E-state index contributed by atoms with van der Waals surface area (Å²) >= 11 is 0. The minimum absolute atomic E-state index is 0.109. The molecular weight excluding hydrogens is 228 g/mol. The molecule has 2 heterocycles. The molecule has 1 amide bonds. The lowest BCUT2D eigenvalue weighted by molar-refractivity contribution is 0.0604. The second kappa shape index (κ2) is 5.52. The predicted octanol–water partition coefficient (Wildman–Crippen LogP) is 0.806. The van der Waals surface area contributed by atoms with E-state index in [9.17, 15) is 4.79 Å². The zero-order valence-corrected chi connectivity index (χ0v) is 11.4. The molecule has 0 bridgehead atoms. The quantitative estimate of drug-likeness (QED) is 0.841. The van der Waals surface area contributed by atoms with E-state index in [4.69, 9.17) is 0 Å². The zero-order valence-electron chi connectivity index (χ0n) is 11.4. The van der Waals surface area contributed by atoms with Crippen molar-refractivity contribution >= 4 is 5.91 Å². The van der Waals surface area contributed by atoms with E-state index in [-0.39, 0.29) is 5.91 Å². The van der Waals surface area contributed by atoms with Gasteiger partial charge in [-0.1, -0.05) is 13.8 Å². The monoisotopic (exact) mass is 250 g/mol. The number of nitrogens with zero attached hydrogens (tertiary/aromatic N) is 3. The molecular formula is C13H22N4O. The van der Waals surface area contributed by atoms with Crippen LogP contribution >= 0.6 is 0 Å². The molecule has 1 aliphatic heterocycles. The smallest absolute Gasteiger partial charge is 0.272 e. The second-order valence-electron chi connectivity index (χ2n) is 4.81. The van der Waals surface area contributed by atoms with E-state index in [1.54, 1.807) is 4.68 Å².